The summed E-state index contributed by atoms with van der Waals surface area (Å²) in [5.74, 6) is 0.276. The third kappa shape index (κ3) is 3.72. The average molecular weight is 292 g/mol. The van der Waals surface area contributed by atoms with Crippen molar-refractivity contribution in [1.29, 1.82) is 0 Å². The van der Waals surface area contributed by atoms with Gasteiger partial charge >= 0.3 is 5.97 Å². The molecular weight excluding hydrogens is 272 g/mol. The number of nitrogens with one attached hydrogen (secondary N) is 1. The highest BCUT2D eigenvalue weighted by atomic mass is 16.5. The summed E-state index contributed by atoms with van der Waals surface area (Å²) < 4.78 is 10.3. The minimum atomic E-state index is -1.06. The van der Waals surface area contributed by atoms with E-state index in [0.717, 1.165) is 11.3 Å². The number of anilines is 1. The van der Waals surface area contributed by atoms with E-state index in [4.69, 9.17) is 10.5 Å². The van der Waals surface area contributed by atoms with Crippen LogP contribution in [-0.2, 0) is 20.7 Å². The van der Waals surface area contributed by atoms with E-state index in [9.17, 15) is 9.59 Å². The minimum absolute atomic E-state index is 0.0353. The molecule has 0 fully saturated rings. The molecule has 0 saturated carbocycles. The molecule has 1 heterocycles. The fourth-order valence-electron chi connectivity index (χ4n) is 2.17. The van der Waals surface area contributed by atoms with Crippen molar-refractivity contribution in [2.75, 3.05) is 19.0 Å². The van der Waals surface area contributed by atoms with Crippen LogP contribution in [0.5, 0.6) is 5.75 Å². The molecule has 1 atom stereocenters. The molecule has 1 aliphatic rings. The van der Waals surface area contributed by atoms with Gasteiger partial charge in [-0.25, -0.2) is 0 Å². The fourth-order valence-corrected chi connectivity index (χ4v) is 2.17. The zero-order valence-electron chi connectivity index (χ0n) is 12.3. The molecule has 0 bridgehead atoms. The van der Waals surface area contributed by atoms with Crippen LogP contribution in [0.25, 0.3) is 0 Å². The number of nitrogens with two attached hydrogens (primary N) is 1. The predicted octanol–water partition coefficient (Wildman–Crippen LogP) is 1.23. The maximum absolute atomic E-state index is 11.5. The first-order chi connectivity index (χ1) is 9.92. The molecule has 6 nitrogen and oxygen atoms in total. The van der Waals surface area contributed by atoms with Crippen molar-refractivity contribution >= 4 is 17.6 Å². The van der Waals surface area contributed by atoms with Crippen molar-refractivity contribution in [3.63, 3.8) is 0 Å². The highest BCUT2D eigenvalue weighted by Crippen LogP contribution is 2.27. The Hall–Kier alpha value is -2.08. The summed E-state index contributed by atoms with van der Waals surface area (Å²) in [6.07, 6.45) is 1.54. The molecule has 0 radical (unpaired) electrons. The highest BCUT2D eigenvalue weighted by Gasteiger charge is 2.29. The van der Waals surface area contributed by atoms with Crippen LogP contribution in [0.1, 0.15) is 25.3 Å². The van der Waals surface area contributed by atoms with Gasteiger partial charge in [-0.2, -0.15) is 0 Å². The van der Waals surface area contributed by atoms with Gasteiger partial charge in [-0.05, 0) is 37.1 Å². The molecular formula is C15H20N2O4. The Bertz CT molecular complexity index is 555. The molecule has 1 amide bonds. The van der Waals surface area contributed by atoms with Gasteiger partial charge in [-0.3, -0.25) is 9.59 Å². The summed E-state index contributed by atoms with van der Waals surface area (Å²) in [7, 11) is 1.31. The summed E-state index contributed by atoms with van der Waals surface area (Å²) in [5, 5.41) is 2.81. The van der Waals surface area contributed by atoms with Crippen molar-refractivity contribution in [2.45, 2.75) is 31.7 Å². The SMILES string of the molecule is COC(=O)C(C)(N)CCOc1ccc2c(c1)CCC(=O)N2. The molecule has 1 aromatic rings. The van der Waals surface area contributed by atoms with Crippen molar-refractivity contribution in [2.24, 2.45) is 5.73 Å². The number of ether oxygens (including phenoxy) is 2. The van der Waals surface area contributed by atoms with E-state index >= 15 is 0 Å². The first-order valence-electron chi connectivity index (χ1n) is 6.85. The second-order valence-electron chi connectivity index (χ2n) is 5.37. The van der Waals surface area contributed by atoms with Crippen molar-refractivity contribution in [1.82, 2.24) is 0 Å². The molecule has 3 N–H and O–H groups in total. The lowest BCUT2D eigenvalue weighted by molar-refractivity contribution is -0.146. The van der Waals surface area contributed by atoms with Gasteiger partial charge in [0.15, 0.2) is 0 Å². The number of benzene rings is 1. The number of fused-ring (bicyclic) bond motifs is 1. The normalized spacial score (nSPS) is 16.4. The molecule has 0 aliphatic carbocycles. The lowest BCUT2D eigenvalue weighted by Crippen LogP contribution is -2.46. The van der Waals surface area contributed by atoms with Crippen LogP contribution in [-0.4, -0.2) is 31.1 Å². The second kappa shape index (κ2) is 6.13. The van der Waals surface area contributed by atoms with Gasteiger partial charge in [-0.15, -0.1) is 0 Å². The lowest BCUT2D eigenvalue weighted by atomic mass is 10.0. The summed E-state index contributed by atoms with van der Waals surface area (Å²) in [6.45, 7) is 1.93. The largest absolute Gasteiger partial charge is 0.493 e. The third-order valence-corrected chi connectivity index (χ3v) is 3.51. The lowest BCUT2D eigenvalue weighted by Gasteiger charge is -2.22. The van der Waals surface area contributed by atoms with E-state index in [1.807, 2.05) is 12.1 Å². The van der Waals surface area contributed by atoms with Crippen molar-refractivity contribution < 1.29 is 19.1 Å². The van der Waals surface area contributed by atoms with Crippen LogP contribution >= 0.6 is 0 Å². The number of aryl methyl sites for hydroxylation is 1. The summed E-state index contributed by atoms with van der Waals surface area (Å²) in [5.41, 5.74) is 6.68. The van der Waals surface area contributed by atoms with Gasteiger partial charge in [0.25, 0.3) is 0 Å². The first kappa shape index (κ1) is 15.3. The zero-order valence-corrected chi connectivity index (χ0v) is 12.3. The average Bonchev–Trinajstić information content (AvgIpc) is 2.46. The number of hydrogen-bond donors (Lipinski definition) is 2. The Balaban J connectivity index is 1.93. The molecule has 114 valence electrons. The number of methoxy groups -OCH3 is 1. The smallest absolute Gasteiger partial charge is 0.325 e. The van der Waals surface area contributed by atoms with Crippen LogP contribution in [0, 0.1) is 0 Å². The summed E-state index contributed by atoms with van der Waals surface area (Å²) >= 11 is 0. The van der Waals surface area contributed by atoms with Crippen LogP contribution in [0.2, 0.25) is 0 Å². The monoisotopic (exact) mass is 292 g/mol. The Morgan fingerprint density at radius 2 is 2.19 bits per heavy atom. The van der Waals surface area contributed by atoms with Crippen molar-refractivity contribution in [3.05, 3.63) is 23.8 Å². The predicted molar refractivity (Wildman–Crippen MR) is 78.1 cm³/mol. The number of hydrogen-bond acceptors (Lipinski definition) is 5. The van der Waals surface area contributed by atoms with Crippen LogP contribution in [0.4, 0.5) is 5.69 Å². The Morgan fingerprint density at radius 3 is 2.90 bits per heavy atom. The molecule has 0 saturated heterocycles. The van der Waals surface area contributed by atoms with Crippen molar-refractivity contribution in [3.8, 4) is 5.75 Å². The molecule has 1 aliphatic heterocycles. The Labute approximate surface area is 123 Å². The van der Waals surface area contributed by atoms with Gasteiger partial charge in [0.2, 0.25) is 5.91 Å². The van der Waals surface area contributed by atoms with Gasteiger partial charge in [-0.1, -0.05) is 0 Å². The molecule has 6 heteroatoms. The van der Waals surface area contributed by atoms with Gasteiger partial charge < -0.3 is 20.5 Å². The molecule has 1 aromatic carbocycles. The zero-order chi connectivity index (χ0) is 15.5. The molecule has 2 rings (SSSR count). The topological polar surface area (TPSA) is 90.7 Å². The van der Waals surface area contributed by atoms with Gasteiger partial charge in [0, 0.05) is 18.5 Å². The minimum Gasteiger partial charge on any atom is -0.493 e. The summed E-state index contributed by atoms with van der Waals surface area (Å²) in [6, 6.07) is 5.51. The van der Waals surface area contributed by atoms with E-state index < -0.39 is 11.5 Å². The number of amides is 1. The van der Waals surface area contributed by atoms with E-state index in [2.05, 4.69) is 10.1 Å². The van der Waals surface area contributed by atoms with Gasteiger partial charge in [0.05, 0.1) is 13.7 Å². The second-order valence-corrected chi connectivity index (χ2v) is 5.37. The van der Waals surface area contributed by atoms with E-state index in [1.54, 1.807) is 13.0 Å². The molecule has 0 spiro atoms. The number of carbonyl (C=O) groups is 2. The maximum atomic E-state index is 11.5. The van der Waals surface area contributed by atoms with Crippen LogP contribution in [0.15, 0.2) is 18.2 Å². The summed E-state index contributed by atoms with van der Waals surface area (Å²) in [4.78, 5) is 22.7. The molecule has 1 unspecified atom stereocenters. The third-order valence-electron chi connectivity index (χ3n) is 3.51. The van der Waals surface area contributed by atoms with Crippen LogP contribution < -0.4 is 15.8 Å². The Kier molecular flexibility index (Phi) is 4.47. The molecule has 0 aromatic heterocycles. The Morgan fingerprint density at radius 1 is 1.43 bits per heavy atom. The number of rotatable bonds is 5. The standard InChI is InChI=1S/C15H20N2O4/c1-15(16,14(19)20-2)7-8-21-11-4-5-12-10(9-11)3-6-13(18)17-12/h4-5,9H,3,6-8,16H2,1-2H3,(H,17,18). The number of carbonyl (C=O) groups excluding carboxylic acids is 2. The quantitative estimate of drug-likeness (QED) is 0.797. The number of esters is 1. The van der Waals surface area contributed by atoms with E-state index in [-0.39, 0.29) is 5.91 Å². The van der Waals surface area contributed by atoms with Crippen LogP contribution in [0.3, 0.4) is 0 Å². The first-order valence-corrected chi connectivity index (χ1v) is 6.85. The molecule has 21 heavy (non-hydrogen) atoms. The van der Waals surface area contributed by atoms with E-state index in [0.29, 0.717) is 31.6 Å². The highest BCUT2D eigenvalue weighted by molar-refractivity contribution is 5.94. The maximum Gasteiger partial charge on any atom is 0.325 e. The van der Waals surface area contributed by atoms with Gasteiger partial charge in [0.1, 0.15) is 11.3 Å². The fraction of sp³-hybridized carbons (Fsp3) is 0.467. The van der Waals surface area contributed by atoms with E-state index in [1.165, 1.54) is 7.11 Å².